The topological polar surface area (TPSA) is 47.0 Å². The van der Waals surface area contributed by atoms with Crippen LogP contribution in [-0.2, 0) is 0 Å². The number of hydrogen-bond donors (Lipinski definition) is 1. The summed E-state index contributed by atoms with van der Waals surface area (Å²) in [6.45, 7) is 4.29. The van der Waals surface area contributed by atoms with Crippen LogP contribution in [0, 0.1) is 12.8 Å². The molecule has 1 fully saturated rings. The summed E-state index contributed by atoms with van der Waals surface area (Å²) in [6, 6.07) is 0. The maximum Gasteiger partial charge on any atom is 0.221 e. The van der Waals surface area contributed by atoms with Crippen LogP contribution >= 0.6 is 0 Å². The van der Waals surface area contributed by atoms with Gasteiger partial charge < -0.3 is 10.1 Å². The van der Waals surface area contributed by atoms with E-state index in [9.17, 15) is 0 Å². The van der Waals surface area contributed by atoms with Crippen molar-refractivity contribution in [3.05, 3.63) is 11.9 Å². The highest BCUT2D eigenvalue weighted by Gasteiger charge is 2.21. The fourth-order valence-electron chi connectivity index (χ4n) is 2.45. The van der Waals surface area contributed by atoms with E-state index in [2.05, 4.69) is 22.2 Å². The maximum atomic E-state index is 6.01. The molecule has 2 rings (SSSR count). The van der Waals surface area contributed by atoms with E-state index >= 15 is 0 Å². The Bertz CT molecular complexity index is 381. The molecule has 17 heavy (non-hydrogen) atoms. The Morgan fingerprint density at radius 3 is 2.88 bits per heavy atom. The van der Waals surface area contributed by atoms with E-state index in [1.54, 1.807) is 6.33 Å². The summed E-state index contributed by atoms with van der Waals surface area (Å²) < 4.78 is 6.01. The van der Waals surface area contributed by atoms with Gasteiger partial charge in [0.15, 0.2) is 0 Å². The van der Waals surface area contributed by atoms with Gasteiger partial charge in [-0.1, -0.05) is 13.3 Å². The van der Waals surface area contributed by atoms with Crippen LogP contribution in [-0.4, -0.2) is 23.1 Å². The van der Waals surface area contributed by atoms with Crippen LogP contribution in [0.15, 0.2) is 6.33 Å². The molecule has 0 spiro atoms. The second-order valence-corrected chi connectivity index (χ2v) is 4.91. The third-order valence-corrected chi connectivity index (χ3v) is 3.44. The fourth-order valence-corrected chi connectivity index (χ4v) is 2.45. The average molecular weight is 235 g/mol. The molecule has 1 aliphatic rings. The molecule has 0 saturated heterocycles. The van der Waals surface area contributed by atoms with Gasteiger partial charge >= 0.3 is 0 Å². The van der Waals surface area contributed by atoms with Gasteiger partial charge in [0.1, 0.15) is 18.2 Å². The molecule has 0 amide bonds. The fraction of sp³-hybridized carbons (Fsp3) is 0.692. The zero-order valence-electron chi connectivity index (χ0n) is 10.9. The number of ether oxygens (including phenoxy) is 1. The first-order valence-electron chi connectivity index (χ1n) is 6.36. The summed E-state index contributed by atoms with van der Waals surface area (Å²) in [5.41, 5.74) is 0.994. The van der Waals surface area contributed by atoms with Gasteiger partial charge in [-0.15, -0.1) is 0 Å². The molecule has 0 aliphatic heterocycles. The van der Waals surface area contributed by atoms with Crippen molar-refractivity contribution in [1.82, 2.24) is 9.97 Å². The molecule has 1 aromatic heterocycles. The first kappa shape index (κ1) is 12.1. The largest absolute Gasteiger partial charge is 0.474 e. The Balaban J connectivity index is 2.07. The number of anilines is 1. The van der Waals surface area contributed by atoms with Crippen molar-refractivity contribution in [2.24, 2.45) is 5.92 Å². The summed E-state index contributed by atoms with van der Waals surface area (Å²) in [5, 5.41) is 3.05. The zero-order valence-corrected chi connectivity index (χ0v) is 10.9. The third-order valence-electron chi connectivity index (χ3n) is 3.44. The van der Waals surface area contributed by atoms with Crippen molar-refractivity contribution < 1.29 is 4.74 Å². The third kappa shape index (κ3) is 2.87. The van der Waals surface area contributed by atoms with Crippen LogP contribution < -0.4 is 10.1 Å². The lowest BCUT2D eigenvalue weighted by atomic mass is 9.89. The number of nitrogens with one attached hydrogen (secondary N) is 1. The summed E-state index contributed by atoms with van der Waals surface area (Å²) in [5.74, 6) is 2.34. The molecular formula is C13H21N3O. The van der Waals surface area contributed by atoms with Gasteiger partial charge in [-0.05, 0) is 32.1 Å². The van der Waals surface area contributed by atoms with Gasteiger partial charge in [0.25, 0.3) is 0 Å². The zero-order chi connectivity index (χ0) is 12.3. The van der Waals surface area contributed by atoms with Crippen LogP contribution in [0.25, 0.3) is 0 Å². The lowest BCUT2D eigenvalue weighted by Gasteiger charge is -2.27. The quantitative estimate of drug-likeness (QED) is 0.875. The minimum Gasteiger partial charge on any atom is -0.474 e. The molecule has 0 aromatic carbocycles. The summed E-state index contributed by atoms with van der Waals surface area (Å²) >= 11 is 0. The van der Waals surface area contributed by atoms with E-state index in [4.69, 9.17) is 4.74 Å². The molecule has 2 unspecified atom stereocenters. The first-order valence-corrected chi connectivity index (χ1v) is 6.36. The molecule has 2 atom stereocenters. The summed E-state index contributed by atoms with van der Waals surface area (Å²) in [7, 11) is 1.86. The monoisotopic (exact) mass is 235 g/mol. The van der Waals surface area contributed by atoms with E-state index in [-0.39, 0.29) is 0 Å². The van der Waals surface area contributed by atoms with Gasteiger partial charge in [0.2, 0.25) is 5.88 Å². The lowest BCUT2D eigenvalue weighted by Crippen LogP contribution is -2.25. The molecular weight excluding hydrogens is 214 g/mol. The summed E-state index contributed by atoms with van der Waals surface area (Å²) in [4.78, 5) is 8.40. The Labute approximate surface area is 103 Å². The Morgan fingerprint density at radius 2 is 2.18 bits per heavy atom. The first-order chi connectivity index (χ1) is 8.20. The minimum atomic E-state index is 0.317. The number of hydrogen-bond acceptors (Lipinski definition) is 4. The second-order valence-electron chi connectivity index (χ2n) is 4.91. The number of rotatable bonds is 3. The molecule has 4 heteroatoms. The Morgan fingerprint density at radius 1 is 1.35 bits per heavy atom. The van der Waals surface area contributed by atoms with E-state index in [0.717, 1.165) is 36.0 Å². The smallest absolute Gasteiger partial charge is 0.221 e. The molecule has 0 radical (unpaired) electrons. The molecule has 94 valence electrons. The van der Waals surface area contributed by atoms with Crippen LogP contribution in [0.2, 0.25) is 0 Å². The molecule has 1 aromatic rings. The molecule has 0 bridgehead atoms. The summed E-state index contributed by atoms with van der Waals surface area (Å²) in [6.07, 6.45) is 6.73. The van der Waals surface area contributed by atoms with Crippen LogP contribution in [0.5, 0.6) is 5.88 Å². The Kier molecular flexibility index (Phi) is 3.82. The standard InChI is InChI=1S/C13H21N3O/c1-9-5-4-6-11(7-9)17-13-10(2)12(14-3)15-8-16-13/h8-9,11H,4-7H2,1-3H3,(H,14,15,16). The van der Waals surface area contributed by atoms with Crippen molar-refractivity contribution in [3.63, 3.8) is 0 Å². The SMILES string of the molecule is CNc1ncnc(OC2CCCC(C)C2)c1C. The van der Waals surface area contributed by atoms with Gasteiger partial charge in [0, 0.05) is 7.05 Å². The Hall–Kier alpha value is -1.32. The average Bonchev–Trinajstić information content (AvgIpc) is 2.32. The van der Waals surface area contributed by atoms with Crippen LogP contribution in [0.4, 0.5) is 5.82 Å². The lowest BCUT2D eigenvalue weighted by molar-refractivity contribution is 0.123. The van der Waals surface area contributed by atoms with Crippen molar-refractivity contribution in [2.45, 2.75) is 45.6 Å². The van der Waals surface area contributed by atoms with Crippen molar-refractivity contribution in [3.8, 4) is 5.88 Å². The van der Waals surface area contributed by atoms with Crippen molar-refractivity contribution in [1.29, 1.82) is 0 Å². The van der Waals surface area contributed by atoms with Crippen molar-refractivity contribution >= 4 is 5.82 Å². The molecule has 1 saturated carbocycles. The molecule has 1 N–H and O–H groups in total. The van der Waals surface area contributed by atoms with Crippen LogP contribution in [0.3, 0.4) is 0 Å². The van der Waals surface area contributed by atoms with Gasteiger partial charge in [-0.2, -0.15) is 0 Å². The molecule has 4 nitrogen and oxygen atoms in total. The van der Waals surface area contributed by atoms with Crippen molar-refractivity contribution in [2.75, 3.05) is 12.4 Å². The van der Waals surface area contributed by atoms with Gasteiger partial charge in [-0.3, -0.25) is 0 Å². The number of nitrogens with zero attached hydrogens (tertiary/aromatic N) is 2. The normalized spacial score (nSPS) is 24.4. The highest BCUT2D eigenvalue weighted by Crippen LogP contribution is 2.28. The highest BCUT2D eigenvalue weighted by molar-refractivity contribution is 5.46. The predicted molar refractivity (Wildman–Crippen MR) is 68.4 cm³/mol. The second kappa shape index (κ2) is 5.34. The minimum absolute atomic E-state index is 0.317. The van der Waals surface area contributed by atoms with Gasteiger partial charge in [-0.25, -0.2) is 9.97 Å². The van der Waals surface area contributed by atoms with E-state index < -0.39 is 0 Å². The predicted octanol–water partition coefficient (Wildman–Crippen LogP) is 2.78. The maximum absolute atomic E-state index is 6.01. The number of aromatic nitrogens is 2. The van der Waals surface area contributed by atoms with E-state index in [1.807, 2.05) is 14.0 Å². The molecule has 1 aliphatic carbocycles. The van der Waals surface area contributed by atoms with Crippen LogP contribution in [0.1, 0.15) is 38.2 Å². The van der Waals surface area contributed by atoms with E-state index in [0.29, 0.717) is 6.10 Å². The highest BCUT2D eigenvalue weighted by atomic mass is 16.5. The van der Waals surface area contributed by atoms with E-state index in [1.165, 1.54) is 12.8 Å². The van der Waals surface area contributed by atoms with Gasteiger partial charge in [0.05, 0.1) is 5.56 Å². The molecule has 1 heterocycles.